The molecule has 0 bridgehead atoms. The minimum absolute atomic E-state index is 0. The van der Waals surface area contributed by atoms with Gasteiger partial charge in [-0.2, -0.15) is 0 Å². The van der Waals surface area contributed by atoms with Crippen LogP contribution in [0.15, 0.2) is 0 Å². The van der Waals surface area contributed by atoms with Crippen molar-refractivity contribution in [3.05, 3.63) is 0 Å². The molecule has 0 amide bonds. The van der Waals surface area contributed by atoms with Crippen LogP contribution in [0, 0.1) is 0 Å². The van der Waals surface area contributed by atoms with Gasteiger partial charge in [0.25, 0.3) is 0 Å². The first kappa shape index (κ1) is 36.9. The summed E-state index contributed by atoms with van der Waals surface area (Å²) in [6, 6.07) is 0. The van der Waals surface area contributed by atoms with Crippen molar-refractivity contribution in [1.82, 2.24) is 0 Å². The molecule has 0 aromatic carbocycles. The minimum Gasteiger partial charge on any atom is -1.00 e. The summed E-state index contributed by atoms with van der Waals surface area (Å²) in [4.78, 5) is 0. The molecule has 0 N–H and O–H groups in total. The molecule has 0 aliphatic heterocycles. The van der Waals surface area contributed by atoms with E-state index in [-0.39, 0.29) is 71.3 Å². The van der Waals surface area contributed by atoms with Crippen molar-refractivity contribution >= 4 is 51.4 Å². The van der Waals surface area contributed by atoms with Crippen LogP contribution >= 0.6 is 0 Å². The Labute approximate surface area is 70.9 Å². The summed E-state index contributed by atoms with van der Waals surface area (Å²) in [7, 11) is 0. The van der Waals surface area contributed by atoms with Crippen LogP contribution in [0.1, 0.15) is 2.85 Å². The Hall–Kier alpha value is 2.04. The van der Waals surface area contributed by atoms with Gasteiger partial charge in [-0.25, -0.2) is 0 Å². The smallest absolute Gasteiger partial charge is 1.00 e. The molecule has 0 saturated heterocycles. The molecule has 0 aliphatic carbocycles. The zero-order chi connectivity index (χ0) is 0. The maximum atomic E-state index is 0. The van der Waals surface area contributed by atoms with Gasteiger partial charge in [-0.1, -0.05) is 0 Å². The van der Waals surface area contributed by atoms with E-state index in [4.69, 9.17) is 0 Å². The molecule has 0 saturated carbocycles. The predicted octanol–water partition coefficient (Wildman–Crippen LogP) is -0.920. The first-order valence-corrected chi connectivity index (χ1v) is 0. The first-order valence-electron chi connectivity index (χ1n) is 0. The van der Waals surface area contributed by atoms with Crippen molar-refractivity contribution in [1.29, 1.82) is 0 Å². The molecule has 0 fully saturated rings. The Kier molecular flexibility index (Phi) is 183. The van der Waals surface area contributed by atoms with E-state index in [9.17, 15) is 0 Å². The molecule has 0 aromatic heterocycles. The zero-order valence-corrected chi connectivity index (χ0v) is 6.60. The normalized spacial score (nSPS) is 0. The molecule has 0 aliphatic rings. The van der Waals surface area contributed by atoms with Gasteiger partial charge in [-0.15, -0.1) is 0 Å². The molecular weight excluding hydrogens is 143 g/mol. The van der Waals surface area contributed by atoms with Crippen LogP contribution in [0.25, 0.3) is 0 Å². The second-order valence-electron chi connectivity index (χ2n) is 0. The Balaban J connectivity index is 0. The van der Waals surface area contributed by atoms with Gasteiger partial charge in [-0.05, 0) is 0 Å². The molecule has 8 radical (unpaired) electrons. The topological polar surface area (TPSA) is 0 Å². The Morgan fingerprint density at radius 3 is 1.25 bits per heavy atom. The van der Waals surface area contributed by atoms with E-state index in [2.05, 4.69) is 0 Å². The van der Waals surface area contributed by atoms with Crippen molar-refractivity contribution in [2.45, 2.75) is 0 Å². The zero-order valence-electron chi connectivity index (χ0n) is 4.09. The van der Waals surface area contributed by atoms with E-state index < -0.39 is 0 Å². The quantitative estimate of drug-likeness (QED) is 0.386. The molecule has 0 spiro atoms. The fraction of sp³-hybridized carbons (Fsp3) is 0. The molecule has 0 unspecified atom stereocenters. The number of hydrogen-bond acceptors (Lipinski definition) is 0. The van der Waals surface area contributed by atoms with Crippen LogP contribution in [-0.4, -0.2) is 51.4 Å². The largest absolute Gasteiger partial charge is 2.00 e. The van der Waals surface area contributed by atoms with Crippen molar-refractivity contribution in [3.8, 4) is 0 Å². The Morgan fingerprint density at radius 1 is 1.25 bits per heavy atom. The number of hydrogen-bond donors (Lipinski definition) is 0. The van der Waals surface area contributed by atoms with E-state index >= 15 is 0 Å². The molecule has 0 heterocycles. The van der Waals surface area contributed by atoms with Crippen LogP contribution in [0.4, 0.5) is 0 Å². The molecule has 0 atom stereocenters. The van der Waals surface area contributed by atoms with Gasteiger partial charge in [-0.3, -0.25) is 0 Å². The van der Waals surface area contributed by atoms with Crippen LogP contribution in [0.3, 0.4) is 0 Å². The summed E-state index contributed by atoms with van der Waals surface area (Å²) in [5.41, 5.74) is 0. The van der Waals surface area contributed by atoms with Gasteiger partial charge in [0.05, 0.1) is 0 Å². The third-order valence-corrected chi connectivity index (χ3v) is 0. The fourth-order valence-electron chi connectivity index (χ4n) is 0. The van der Waals surface area contributed by atoms with Gasteiger partial charge in [0.15, 0.2) is 0 Å². The summed E-state index contributed by atoms with van der Waals surface area (Å²) < 4.78 is 0. The van der Waals surface area contributed by atoms with Crippen LogP contribution in [0.5, 0.6) is 0 Å². The van der Waals surface area contributed by atoms with Gasteiger partial charge < -0.3 is 2.85 Å². The Bertz CT molecular complexity index is 13.5. The number of rotatable bonds is 0. The van der Waals surface area contributed by atoms with Crippen LogP contribution in [0.2, 0.25) is 0 Å². The van der Waals surface area contributed by atoms with Crippen molar-refractivity contribution in [3.63, 3.8) is 0 Å². The molecule has 0 rings (SSSR count). The van der Waals surface area contributed by atoms with Gasteiger partial charge >= 0.3 is 23.1 Å². The first-order chi connectivity index (χ1) is 0. The summed E-state index contributed by atoms with van der Waals surface area (Å²) in [6.07, 6.45) is 0. The average Bonchev–Trinajstić information content (AvgIpc) is 0. The second kappa shape index (κ2) is 19.8. The molecule has 4 heavy (non-hydrogen) atoms. The third kappa shape index (κ3) is 8.97. The summed E-state index contributed by atoms with van der Waals surface area (Å²) >= 11 is 0. The standard InChI is InChI=1S/Al.Cu.Mg.Si.2H/q;;+2;;2*-1. The molecule has 0 nitrogen and oxygen atoms in total. The van der Waals surface area contributed by atoms with E-state index in [1.807, 2.05) is 0 Å². The molecular formula is H2AlCuMgSi. The SMILES string of the molecule is [Al].[Cu].[H-].[H-].[Mg+2].[Si]. The average molecular weight is 145 g/mol. The van der Waals surface area contributed by atoms with Crippen LogP contribution < -0.4 is 0 Å². The van der Waals surface area contributed by atoms with E-state index in [1.54, 1.807) is 0 Å². The predicted molar refractivity (Wildman–Crippen MR) is 19.5 cm³/mol. The van der Waals surface area contributed by atoms with Crippen LogP contribution in [-0.2, 0) is 17.1 Å². The van der Waals surface area contributed by atoms with E-state index in [1.165, 1.54) is 0 Å². The molecule has 22 valence electrons. The van der Waals surface area contributed by atoms with E-state index in [0.29, 0.717) is 0 Å². The molecule has 4 heteroatoms. The maximum Gasteiger partial charge on any atom is 2.00 e. The third-order valence-electron chi connectivity index (χ3n) is 0. The minimum atomic E-state index is 0. The van der Waals surface area contributed by atoms with Crippen molar-refractivity contribution < 1.29 is 19.9 Å². The summed E-state index contributed by atoms with van der Waals surface area (Å²) in [5.74, 6) is 0. The van der Waals surface area contributed by atoms with Crippen molar-refractivity contribution in [2.24, 2.45) is 0 Å². The fourth-order valence-corrected chi connectivity index (χ4v) is 0. The van der Waals surface area contributed by atoms with E-state index in [0.717, 1.165) is 0 Å². The van der Waals surface area contributed by atoms with Gasteiger partial charge in [0.1, 0.15) is 0 Å². The maximum absolute atomic E-state index is 0. The van der Waals surface area contributed by atoms with Gasteiger partial charge in [0.2, 0.25) is 0 Å². The second-order valence-corrected chi connectivity index (χ2v) is 0. The van der Waals surface area contributed by atoms with Crippen molar-refractivity contribution in [2.75, 3.05) is 0 Å². The molecule has 0 aromatic rings. The monoisotopic (exact) mass is 144 g/mol. The van der Waals surface area contributed by atoms with Gasteiger partial charge in [0, 0.05) is 45.4 Å². The summed E-state index contributed by atoms with van der Waals surface area (Å²) in [6.45, 7) is 0. The Morgan fingerprint density at radius 2 is 1.25 bits per heavy atom. The summed E-state index contributed by atoms with van der Waals surface area (Å²) in [5, 5.41) is 0.